The Morgan fingerprint density at radius 3 is 2.41 bits per heavy atom. The van der Waals surface area contributed by atoms with Crippen LogP contribution in [0, 0.1) is 5.82 Å². The average molecular weight is 537 g/mol. The van der Waals surface area contributed by atoms with Crippen LogP contribution in [0.1, 0.15) is 18.1 Å². The summed E-state index contributed by atoms with van der Waals surface area (Å²) in [4.78, 5) is 36.3. The van der Waals surface area contributed by atoms with Gasteiger partial charge in [-0.25, -0.2) is 9.82 Å². The van der Waals surface area contributed by atoms with Crippen molar-refractivity contribution >= 4 is 29.6 Å². The van der Waals surface area contributed by atoms with Gasteiger partial charge in [-0.2, -0.15) is 5.10 Å². The van der Waals surface area contributed by atoms with Gasteiger partial charge in [0.05, 0.1) is 38.6 Å². The van der Waals surface area contributed by atoms with Gasteiger partial charge in [-0.05, 0) is 60.5 Å². The Morgan fingerprint density at radius 2 is 1.69 bits per heavy atom. The summed E-state index contributed by atoms with van der Waals surface area (Å²) in [5.41, 5.74) is 3.78. The number of rotatable bonds is 13. The lowest BCUT2D eigenvalue weighted by atomic mass is 10.1. The minimum atomic E-state index is -0.549. The van der Waals surface area contributed by atoms with Crippen molar-refractivity contribution in [2.45, 2.75) is 13.3 Å². The molecule has 3 aromatic carbocycles. The number of hydrogen-bond donors (Lipinski definition) is 3. The Morgan fingerprint density at radius 1 is 0.923 bits per heavy atom. The second kappa shape index (κ2) is 14.7. The number of para-hydroxylation sites is 1. The van der Waals surface area contributed by atoms with Crippen molar-refractivity contribution in [2.24, 2.45) is 5.10 Å². The van der Waals surface area contributed by atoms with Gasteiger partial charge in [-0.1, -0.05) is 24.3 Å². The molecule has 0 saturated heterocycles. The van der Waals surface area contributed by atoms with E-state index in [4.69, 9.17) is 14.2 Å². The van der Waals surface area contributed by atoms with E-state index < -0.39 is 17.6 Å². The fourth-order valence-corrected chi connectivity index (χ4v) is 3.27. The molecule has 11 heteroatoms. The van der Waals surface area contributed by atoms with Crippen LogP contribution in [0.4, 0.5) is 10.1 Å². The molecule has 39 heavy (non-hydrogen) atoms. The first-order valence-electron chi connectivity index (χ1n) is 12.0. The number of anilines is 1. The van der Waals surface area contributed by atoms with Gasteiger partial charge < -0.3 is 24.8 Å². The van der Waals surface area contributed by atoms with Gasteiger partial charge >= 0.3 is 0 Å². The predicted molar refractivity (Wildman–Crippen MR) is 144 cm³/mol. The molecule has 3 aromatic rings. The third-order valence-electron chi connectivity index (χ3n) is 5.15. The molecule has 0 atom stereocenters. The molecular formula is C28H29FN4O6. The quantitative estimate of drug-likeness (QED) is 0.228. The van der Waals surface area contributed by atoms with Gasteiger partial charge in [0.25, 0.3) is 11.8 Å². The Bertz CT molecular complexity index is 1310. The highest BCUT2D eigenvalue weighted by Crippen LogP contribution is 2.28. The fraction of sp³-hybridized carbons (Fsp3) is 0.214. The van der Waals surface area contributed by atoms with Gasteiger partial charge in [0.2, 0.25) is 5.91 Å². The standard InChI is InChI=1S/C28H29FN4O6/c1-3-38-25-14-20(10-13-24(25)39-18-28(36)32-23-7-5-4-6-22(23)29)16-31-33-27(35)17-30-26(34)15-19-8-11-21(37-2)12-9-19/h4-14,16H,3,15,17-18H2,1-2H3,(H,30,34)(H,32,36)(H,33,35). The first-order valence-corrected chi connectivity index (χ1v) is 12.0. The molecule has 3 N–H and O–H groups in total. The second-order valence-corrected chi connectivity index (χ2v) is 8.05. The molecule has 10 nitrogen and oxygen atoms in total. The molecule has 0 aliphatic carbocycles. The third kappa shape index (κ3) is 9.47. The van der Waals surface area contributed by atoms with E-state index >= 15 is 0 Å². The fourth-order valence-electron chi connectivity index (χ4n) is 3.27. The highest BCUT2D eigenvalue weighted by atomic mass is 19.1. The van der Waals surface area contributed by atoms with Crippen molar-refractivity contribution in [2.75, 3.05) is 32.2 Å². The normalized spacial score (nSPS) is 10.5. The SMILES string of the molecule is CCOc1cc(C=NNC(=O)CNC(=O)Cc2ccc(OC)cc2)ccc1OCC(=O)Nc1ccccc1F. The molecule has 0 spiro atoms. The molecular weight excluding hydrogens is 507 g/mol. The smallest absolute Gasteiger partial charge is 0.262 e. The summed E-state index contributed by atoms with van der Waals surface area (Å²) in [6, 6.07) is 17.7. The minimum Gasteiger partial charge on any atom is -0.497 e. The lowest BCUT2D eigenvalue weighted by Crippen LogP contribution is -2.35. The Balaban J connectivity index is 1.47. The molecule has 0 radical (unpaired) electrons. The van der Waals surface area contributed by atoms with Crippen molar-refractivity contribution in [3.8, 4) is 17.2 Å². The van der Waals surface area contributed by atoms with E-state index in [0.29, 0.717) is 29.4 Å². The van der Waals surface area contributed by atoms with E-state index in [2.05, 4.69) is 21.2 Å². The first-order chi connectivity index (χ1) is 18.9. The maximum absolute atomic E-state index is 13.7. The zero-order valence-corrected chi connectivity index (χ0v) is 21.5. The van der Waals surface area contributed by atoms with Gasteiger partial charge in [0, 0.05) is 0 Å². The van der Waals surface area contributed by atoms with Crippen molar-refractivity contribution in [3.63, 3.8) is 0 Å². The number of ether oxygens (including phenoxy) is 3. The first kappa shape index (κ1) is 28.6. The van der Waals surface area contributed by atoms with Crippen LogP contribution in [0.15, 0.2) is 71.8 Å². The molecule has 0 unspecified atom stereocenters. The lowest BCUT2D eigenvalue weighted by Gasteiger charge is -2.13. The largest absolute Gasteiger partial charge is 0.497 e. The van der Waals surface area contributed by atoms with Crippen LogP contribution in [-0.2, 0) is 20.8 Å². The summed E-state index contributed by atoms with van der Waals surface area (Å²) in [5, 5.41) is 8.88. The Kier molecular flexibility index (Phi) is 10.8. The van der Waals surface area contributed by atoms with Crippen molar-refractivity contribution in [1.29, 1.82) is 0 Å². The molecule has 0 heterocycles. The molecule has 0 aliphatic rings. The number of methoxy groups -OCH3 is 1. The topological polar surface area (TPSA) is 127 Å². The zero-order valence-electron chi connectivity index (χ0n) is 21.5. The summed E-state index contributed by atoms with van der Waals surface area (Å²) in [6.45, 7) is 1.53. The molecule has 0 aromatic heterocycles. The van der Waals surface area contributed by atoms with Crippen LogP contribution in [0.3, 0.4) is 0 Å². The maximum Gasteiger partial charge on any atom is 0.262 e. The van der Waals surface area contributed by atoms with Crippen molar-refractivity contribution < 1.29 is 33.0 Å². The second-order valence-electron chi connectivity index (χ2n) is 8.05. The molecule has 0 bridgehead atoms. The third-order valence-corrected chi connectivity index (χ3v) is 5.15. The zero-order chi connectivity index (χ0) is 28.0. The van der Waals surface area contributed by atoms with Crippen molar-refractivity contribution in [3.05, 3.63) is 83.7 Å². The monoisotopic (exact) mass is 536 g/mol. The van der Waals surface area contributed by atoms with Crippen LogP contribution < -0.4 is 30.3 Å². The Hall–Kier alpha value is -4.93. The van der Waals surface area contributed by atoms with Gasteiger partial charge in [0.15, 0.2) is 18.1 Å². The van der Waals surface area contributed by atoms with E-state index in [1.54, 1.807) is 62.6 Å². The van der Waals surface area contributed by atoms with Crippen LogP contribution in [-0.4, -0.2) is 50.8 Å². The van der Waals surface area contributed by atoms with Gasteiger partial charge in [-0.3, -0.25) is 14.4 Å². The van der Waals surface area contributed by atoms with Gasteiger partial charge in [0.1, 0.15) is 11.6 Å². The highest BCUT2D eigenvalue weighted by molar-refractivity contribution is 5.92. The van der Waals surface area contributed by atoms with Crippen LogP contribution in [0.2, 0.25) is 0 Å². The number of benzene rings is 3. The van der Waals surface area contributed by atoms with Gasteiger partial charge in [-0.15, -0.1) is 0 Å². The highest BCUT2D eigenvalue weighted by Gasteiger charge is 2.11. The summed E-state index contributed by atoms with van der Waals surface area (Å²) in [6.07, 6.45) is 1.52. The van der Waals surface area contributed by atoms with Crippen molar-refractivity contribution in [1.82, 2.24) is 10.7 Å². The Labute approximate surface area is 225 Å². The number of hydrazone groups is 1. The number of nitrogens with zero attached hydrogens (tertiary/aromatic N) is 1. The van der Waals surface area contributed by atoms with E-state index in [-0.39, 0.29) is 31.2 Å². The number of hydrogen-bond acceptors (Lipinski definition) is 7. The molecule has 0 saturated carbocycles. The van der Waals surface area contributed by atoms with Crippen LogP contribution in [0.25, 0.3) is 0 Å². The number of carbonyl (C=O) groups is 3. The minimum absolute atomic E-state index is 0.0570. The molecule has 204 valence electrons. The lowest BCUT2D eigenvalue weighted by molar-refractivity contribution is -0.125. The molecule has 3 amide bonds. The summed E-state index contributed by atoms with van der Waals surface area (Å²) >= 11 is 0. The van der Waals surface area contributed by atoms with Crippen LogP contribution >= 0.6 is 0 Å². The summed E-state index contributed by atoms with van der Waals surface area (Å²) in [5.74, 6) is -0.534. The molecule has 0 fully saturated rings. The van der Waals surface area contributed by atoms with E-state index in [9.17, 15) is 18.8 Å². The molecule has 3 rings (SSSR count). The number of carbonyl (C=O) groups excluding carboxylic acids is 3. The van der Waals surface area contributed by atoms with E-state index in [0.717, 1.165) is 5.56 Å². The van der Waals surface area contributed by atoms with Crippen LogP contribution in [0.5, 0.6) is 17.2 Å². The number of nitrogens with one attached hydrogen (secondary N) is 3. The molecule has 0 aliphatic heterocycles. The maximum atomic E-state index is 13.7. The van der Waals surface area contributed by atoms with E-state index in [1.807, 2.05) is 0 Å². The average Bonchev–Trinajstić information content (AvgIpc) is 2.93. The van der Waals surface area contributed by atoms with E-state index in [1.165, 1.54) is 24.4 Å². The summed E-state index contributed by atoms with van der Waals surface area (Å²) < 4.78 is 29.9. The number of halogens is 1. The predicted octanol–water partition coefficient (Wildman–Crippen LogP) is 3.06. The summed E-state index contributed by atoms with van der Waals surface area (Å²) in [7, 11) is 1.56. The number of amides is 3.